The Labute approximate surface area is 178 Å². The molecule has 0 saturated heterocycles. The van der Waals surface area contributed by atoms with Crippen LogP contribution in [0.25, 0.3) is 0 Å². The van der Waals surface area contributed by atoms with E-state index < -0.39 is 10.1 Å². The van der Waals surface area contributed by atoms with E-state index in [1.165, 1.54) is 83.5 Å². The Kier molecular flexibility index (Phi) is 21.0. The first kappa shape index (κ1) is 27.2. The second kappa shape index (κ2) is 20.9. The van der Waals surface area contributed by atoms with Gasteiger partial charge >= 0.3 is 101 Å². The van der Waals surface area contributed by atoms with Crippen molar-refractivity contribution in [3.05, 3.63) is 12.2 Å². The van der Waals surface area contributed by atoms with E-state index >= 15 is 0 Å². The predicted octanol–water partition coefficient (Wildman–Crippen LogP) is 6.47. The summed E-state index contributed by atoms with van der Waals surface area (Å²) in [4.78, 5) is 0. The van der Waals surface area contributed by atoms with Crippen LogP contribution in [0, 0.1) is 0 Å². The first-order chi connectivity index (χ1) is 13.1. The van der Waals surface area contributed by atoms with Crippen molar-refractivity contribution >= 4 is 26.1 Å². The molecule has 0 amide bonds. The van der Waals surface area contributed by atoms with Gasteiger partial charge in [0.2, 0.25) is 0 Å². The van der Waals surface area contributed by atoms with Crippen molar-refractivity contribution in [3.63, 3.8) is 0 Å². The minimum atomic E-state index is -3.37. The molecule has 0 radical (unpaired) electrons. The van der Waals surface area contributed by atoms with Gasteiger partial charge in [0, 0.05) is 0 Å². The molecule has 162 valence electrons. The van der Waals surface area contributed by atoms with Crippen LogP contribution in [-0.2, 0) is 14.3 Å². The average molecular weight is 468 g/mol. The molecule has 0 fully saturated rings. The van der Waals surface area contributed by atoms with E-state index in [0.717, 1.165) is 24.6 Å². The van der Waals surface area contributed by atoms with Gasteiger partial charge in [0.25, 0.3) is 0 Å². The van der Waals surface area contributed by atoms with Crippen LogP contribution >= 0.6 is 0 Å². The molecule has 0 atom stereocenters. The monoisotopic (exact) mass is 468 g/mol. The fourth-order valence-electron chi connectivity index (χ4n) is 3.06. The Balaban J connectivity index is 3.28. The van der Waals surface area contributed by atoms with Gasteiger partial charge in [-0.25, -0.2) is 0 Å². The maximum atomic E-state index is 11.6. The molecule has 0 saturated carbocycles. The fourth-order valence-corrected chi connectivity index (χ4v) is 4.17. The third-order valence-electron chi connectivity index (χ3n) is 4.76. The first-order valence-corrected chi connectivity index (χ1v) is 14.2. The SMILES string of the molecule is CCCCCCCCCCCCCCCCC=CCS(=O)(=O)OCCC[SeH]. The molecule has 0 aromatic heterocycles. The summed E-state index contributed by atoms with van der Waals surface area (Å²) in [5.74, 6) is 0.00414. The Bertz CT molecular complexity index is 421. The van der Waals surface area contributed by atoms with Crippen LogP contribution in [0.2, 0.25) is 5.32 Å². The zero-order valence-corrected chi connectivity index (χ0v) is 20.4. The van der Waals surface area contributed by atoms with Crippen LogP contribution in [0.5, 0.6) is 0 Å². The van der Waals surface area contributed by atoms with Crippen LogP contribution in [0.15, 0.2) is 12.2 Å². The second-order valence-corrected chi connectivity index (χ2v) is 10.1. The number of hydrogen-bond donors (Lipinski definition) is 0. The number of rotatable bonds is 21. The second-order valence-electron chi connectivity index (χ2n) is 7.48. The van der Waals surface area contributed by atoms with Crippen molar-refractivity contribution in [2.24, 2.45) is 0 Å². The van der Waals surface area contributed by atoms with E-state index in [4.69, 9.17) is 4.18 Å². The van der Waals surface area contributed by atoms with Gasteiger partial charge in [-0.3, -0.25) is 0 Å². The van der Waals surface area contributed by atoms with Crippen molar-refractivity contribution in [2.45, 2.75) is 115 Å². The summed E-state index contributed by atoms with van der Waals surface area (Å²) in [6, 6.07) is 0. The van der Waals surface area contributed by atoms with E-state index in [1.807, 2.05) is 6.08 Å². The van der Waals surface area contributed by atoms with Crippen LogP contribution < -0.4 is 0 Å². The van der Waals surface area contributed by atoms with Crippen LogP contribution in [-0.4, -0.2) is 36.8 Å². The quantitative estimate of drug-likeness (QED) is 0.0841. The Morgan fingerprint density at radius 3 is 1.67 bits per heavy atom. The van der Waals surface area contributed by atoms with Crippen molar-refractivity contribution in [2.75, 3.05) is 12.4 Å². The number of unbranched alkanes of at least 4 members (excludes halogenated alkanes) is 14. The molecule has 0 rings (SSSR count). The van der Waals surface area contributed by atoms with E-state index in [1.54, 1.807) is 6.08 Å². The molecule has 0 unspecified atom stereocenters. The molecule has 3 nitrogen and oxygen atoms in total. The van der Waals surface area contributed by atoms with Gasteiger partial charge in [-0.15, -0.1) is 0 Å². The van der Waals surface area contributed by atoms with Crippen molar-refractivity contribution in [1.29, 1.82) is 0 Å². The predicted molar refractivity (Wildman–Crippen MR) is 120 cm³/mol. The van der Waals surface area contributed by atoms with Gasteiger partial charge in [0.15, 0.2) is 0 Å². The molecule has 0 aromatic rings. The summed E-state index contributed by atoms with van der Waals surface area (Å²) in [6.45, 7) is 2.57. The Morgan fingerprint density at radius 2 is 1.19 bits per heavy atom. The van der Waals surface area contributed by atoms with Crippen LogP contribution in [0.1, 0.15) is 110 Å². The zero-order valence-electron chi connectivity index (χ0n) is 17.7. The summed E-state index contributed by atoms with van der Waals surface area (Å²) in [7, 11) is -3.37. The van der Waals surface area contributed by atoms with Crippen molar-refractivity contribution in [3.8, 4) is 0 Å². The summed E-state index contributed by atoms with van der Waals surface area (Å²) < 4.78 is 28.1. The first-order valence-electron chi connectivity index (χ1n) is 11.3. The molecule has 0 aliphatic carbocycles. The molecule has 0 aliphatic heterocycles. The molecule has 27 heavy (non-hydrogen) atoms. The molecule has 0 bridgehead atoms. The van der Waals surface area contributed by atoms with Gasteiger partial charge in [0.05, 0.1) is 0 Å². The molecule has 5 heteroatoms. The van der Waals surface area contributed by atoms with Gasteiger partial charge in [-0.1, -0.05) is 77.6 Å². The van der Waals surface area contributed by atoms with Crippen molar-refractivity contribution < 1.29 is 12.6 Å². The topological polar surface area (TPSA) is 43.4 Å². The summed E-state index contributed by atoms with van der Waals surface area (Å²) in [5.41, 5.74) is 0. The maximum absolute atomic E-state index is 11.6. The number of allylic oxidation sites excluding steroid dienone is 1. The molecule has 0 spiro atoms. The van der Waals surface area contributed by atoms with Crippen LogP contribution in [0.4, 0.5) is 0 Å². The zero-order chi connectivity index (χ0) is 20.1. The van der Waals surface area contributed by atoms with E-state index in [0.29, 0.717) is 6.61 Å². The van der Waals surface area contributed by atoms with Gasteiger partial charge in [-0.2, -0.15) is 0 Å². The molecular weight excluding hydrogens is 423 g/mol. The summed E-state index contributed by atoms with van der Waals surface area (Å²) in [6.07, 6.45) is 24.6. The Hall–Kier alpha value is 0.169. The van der Waals surface area contributed by atoms with Crippen molar-refractivity contribution in [1.82, 2.24) is 0 Å². The van der Waals surface area contributed by atoms with Crippen LogP contribution in [0.3, 0.4) is 0 Å². The van der Waals surface area contributed by atoms with E-state index in [-0.39, 0.29) is 5.75 Å². The minimum absolute atomic E-state index is 0.00414. The van der Waals surface area contributed by atoms with Gasteiger partial charge < -0.3 is 0 Å². The molecule has 0 aromatic carbocycles. The average Bonchev–Trinajstić information content (AvgIpc) is 2.64. The summed E-state index contributed by atoms with van der Waals surface area (Å²) in [5, 5.41) is 0.886. The molecular formula is C22H44O3SSe. The Morgan fingerprint density at radius 1 is 0.704 bits per heavy atom. The third kappa shape index (κ3) is 22.3. The van der Waals surface area contributed by atoms with E-state index in [2.05, 4.69) is 22.9 Å². The molecule has 0 aliphatic rings. The van der Waals surface area contributed by atoms with E-state index in [9.17, 15) is 8.42 Å². The van der Waals surface area contributed by atoms with Gasteiger partial charge in [-0.05, 0) is 0 Å². The standard InChI is InChI=1S/C22H44O3SSe/c1-2-3-4-5-6-7-8-9-10-11-12-13-14-15-16-17-18-21-26(23,24)25-20-19-22-27/h17-18,27H,2-16,19-22H2,1H3. The molecule has 0 N–H and O–H groups in total. The molecule has 0 heterocycles. The normalized spacial score (nSPS) is 12.2. The van der Waals surface area contributed by atoms with Gasteiger partial charge in [0.1, 0.15) is 0 Å². The fraction of sp³-hybridized carbons (Fsp3) is 0.909. The summed E-state index contributed by atoms with van der Waals surface area (Å²) >= 11 is 2.43. The third-order valence-corrected chi connectivity index (χ3v) is 6.55. The number of hydrogen-bond acceptors (Lipinski definition) is 3.